The fraction of sp³-hybridized carbons (Fsp3) is 0.200. The second kappa shape index (κ2) is 6.58. The maximum absolute atomic E-state index is 12.0. The number of aryl methyl sites for hydroxylation is 1. The Morgan fingerprint density at radius 3 is 2.90 bits per heavy atom. The number of hydrogen-bond donors (Lipinski definition) is 2. The van der Waals surface area contributed by atoms with Crippen molar-refractivity contribution >= 4 is 39.1 Å². The van der Waals surface area contributed by atoms with Gasteiger partial charge in [-0.1, -0.05) is 22.0 Å². The Morgan fingerprint density at radius 2 is 2.19 bits per heavy atom. The number of nitrogen functional groups attached to an aromatic ring is 1. The molecule has 21 heavy (non-hydrogen) atoms. The molecule has 3 N–H and O–H groups in total. The van der Waals surface area contributed by atoms with Crippen molar-refractivity contribution in [1.29, 1.82) is 0 Å². The molecular weight excluding hydrogens is 334 g/mol. The first-order chi connectivity index (χ1) is 10.0. The van der Waals surface area contributed by atoms with Gasteiger partial charge in [-0.15, -0.1) is 0 Å². The van der Waals surface area contributed by atoms with Gasteiger partial charge in [0.2, 0.25) is 0 Å². The van der Waals surface area contributed by atoms with Crippen LogP contribution in [0, 0.1) is 6.92 Å². The van der Waals surface area contributed by atoms with Crippen LogP contribution in [0.25, 0.3) is 0 Å². The van der Waals surface area contributed by atoms with Gasteiger partial charge in [0, 0.05) is 10.2 Å². The summed E-state index contributed by atoms with van der Waals surface area (Å²) in [6, 6.07) is 7.39. The Kier molecular flexibility index (Phi) is 4.80. The van der Waals surface area contributed by atoms with Gasteiger partial charge in [-0.05, 0) is 37.6 Å². The maximum Gasteiger partial charge on any atom is 0.341 e. The van der Waals surface area contributed by atoms with E-state index in [1.165, 1.54) is 6.20 Å². The first kappa shape index (κ1) is 15.3. The molecule has 1 heterocycles. The van der Waals surface area contributed by atoms with E-state index >= 15 is 0 Å². The van der Waals surface area contributed by atoms with Crippen LogP contribution in [0.15, 0.2) is 34.9 Å². The van der Waals surface area contributed by atoms with E-state index in [1.807, 2.05) is 25.1 Å². The molecule has 0 unspecified atom stereocenters. The van der Waals surface area contributed by atoms with Gasteiger partial charge in [0.1, 0.15) is 11.4 Å². The van der Waals surface area contributed by atoms with Gasteiger partial charge in [-0.2, -0.15) is 0 Å². The summed E-state index contributed by atoms with van der Waals surface area (Å²) in [5.74, 6) is -0.0312. The largest absolute Gasteiger partial charge is 0.462 e. The van der Waals surface area contributed by atoms with E-state index in [9.17, 15) is 4.79 Å². The molecule has 1 aromatic carbocycles. The zero-order valence-corrected chi connectivity index (χ0v) is 13.4. The van der Waals surface area contributed by atoms with E-state index in [-0.39, 0.29) is 0 Å². The number of nitrogens with two attached hydrogens (primary N) is 1. The van der Waals surface area contributed by atoms with E-state index in [2.05, 4.69) is 26.2 Å². The maximum atomic E-state index is 12.0. The van der Waals surface area contributed by atoms with Crippen molar-refractivity contribution in [3.63, 3.8) is 0 Å². The standard InChI is InChI=1S/C15H16BrN3O2/c1-3-21-15(20)12-7-11(17)8-18-14(12)19-13-6-10(16)5-4-9(13)2/h4-8H,3,17H2,1-2H3,(H,18,19). The van der Waals surface area contributed by atoms with E-state index in [1.54, 1.807) is 13.0 Å². The number of carbonyl (C=O) groups is 1. The molecule has 110 valence electrons. The topological polar surface area (TPSA) is 77.2 Å². The Morgan fingerprint density at radius 1 is 1.43 bits per heavy atom. The molecule has 2 rings (SSSR count). The first-order valence-electron chi connectivity index (χ1n) is 6.47. The molecule has 0 radical (unpaired) electrons. The number of halogens is 1. The van der Waals surface area contributed by atoms with Gasteiger partial charge >= 0.3 is 5.97 Å². The van der Waals surface area contributed by atoms with Crippen LogP contribution in [0.3, 0.4) is 0 Å². The van der Waals surface area contributed by atoms with Gasteiger partial charge in [-0.3, -0.25) is 0 Å². The molecule has 0 saturated heterocycles. The van der Waals surface area contributed by atoms with Gasteiger partial charge in [-0.25, -0.2) is 9.78 Å². The van der Waals surface area contributed by atoms with Crippen LogP contribution in [0.4, 0.5) is 17.2 Å². The number of esters is 1. The number of pyridine rings is 1. The summed E-state index contributed by atoms with van der Waals surface area (Å²) < 4.78 is 5.97. The smallest absolute Gasteiger partial charge is 0.341 e. The summed E-state index contributed by atoms with van der Waals surface area (Å²) in [5, 5.41) is 3.15. The third kappa shape index (κ3) is 3.72. The third-order valence-corrected chi connectivity index (χ3v) is 3.35. The van der Waals surface area contributed by atoms with Crippen LogP contribution in [0.5, 0.6) is 0 Å². The number of anilines is 3. The highest BCUT2D eigenvalue weighted by Crippen LogP contribution is 2.26. The van der Waals surface area contributed by atoms with Gasteiger partial charge in [0.15, 0.2) is 0 Å². The molecule has 0 atom stereocenters. The molecule has 0 saturated carbocycles. The van der Waals surface area contributed by atoms with Crippen LogP contribution in [-0.4, -0.2) is 17.6 Å². The lowest BCUT2D eigenvalue weighted by molar-refractivity contribution is 0.0527. The number of aromatic nitrogens is 1. The van der Waals surface area contributed by atoms with Crippen LogP contribution in [0.2, 0.25) is 0 Å². The summed E-state index contributed by atoms with van der Waals surface area (Å²) in [5.41, 5.74) is 8.32. The average Bonchev–Trinajstić information content (AvgIpc) is 2.45. The van der Waals surface area contributed by atoms with Crippen LogP contribution in [-0.2, 0) is 4.74 Å². The van der Waals surface area contributed by atoms with E-state index in [0.29, 0.717) is 23.7 Å². The van der Waals surface area contributed by atoms with Crippen LogP contribution in [0.1, 0.15) is 22.8 Å². The van der Waals surface area contributed by atoms with E-state index in [4.69, 9.17) is 10.5 Å². The van der Waals surface area contributed by atoms with Crippen molar-refractivity contribution in [2.24, 2.45) is 0 Å². The van der Waals surface area contributed by atoms with Crippen molar-refractivity contribution in [1.82, 2.24) is 4.98 Å². The summed E-state index contributed by atoms with van der Waals surface area (Å²) in [4.78, 5) is 16.2. The van der Waals surface area contributed by atoms with Crippen molar-refractivity contribution in [2.45, 2.75) is 13.8 Å². The lowest BCUT2D eigenvalue weighted by atomic mass is 10.2. The number of nitrogens with zero attached hydrogens (tertiary/aromatic N) is 1. The van der Waals surface area contributed by atoms with Crippen molar-refractivity contribution in [2.75, 3.05) is 17.7 Å². The Bertz CT molecular complexity index is 674. The lowest BCUT2D eigenvalue weighted by Crippen LogP contribution is -2.10. The minimum absolute atomic E-state index is 0.295. The second-order valence-corrected chi connectivity index (χ2v) is 5.39. The molecule has 2 aromatic rings. The van der Waals surface area contributed by atoms with Crippen LogP contribution >= 0.6 is 15.9 Å². The zero-order valence-electron chi connectivity index (χ0n) is 11.8. The molecular formula is C15H16BrN3O2. The highest BCUT2D eigenvalue weighted by molar-refractivity contribution is 9.10. The number of hydrogen-bond acceptors (Lipinski definition) is 5. The van der Waals surface area contributed by atoms with Gasteiger partial charge in [0.05, 0.1) is 18.5 Å². The second-order valence-electron chi connectivity index (χ2n) is 4.47. The number of ether oxygens (including phenoxy) is 1. The number of benzene rings is 1. The van der Waals surface area contributed by atoms with E-state index < -0.39 is 5.97 Å². The molecule has 0 bridgehead atoms. The Hall–Kier alpha value is -2.08. The fourth-order valence-electron chi connectivity index (χ4n) is 1.80. The molecule has 0 aliphatic heterocycles. The Labute approximate surface area is 131 Å². The Balaban J connectivity index is 2.39. The number of nitrogens with one attached hydrogen (secondary N) is 1. The molecule has 6 heteroatoms. The number of carbonyl (C=O) groups excluding carboxylic acids is 1. The molecule has 0 aliphatic rings. The van der Waals surface area contributed by atoms with Crippen molar-refractivity contribution in [3.8, 4) is 0 Å². The molecule has 1 aromatic heterocycles. The summed E-state index contributed by atoms with van der Waals surface area (Å²) in [6.07, 6.45) is 1.50. The third-order valence-electron chi connectivity index (χ3n) is 2.86. The molecule has 0 fully saturated rings. The monoisotopic (exact) mass is 349 g/mol. The quantitative estimate of drug-likeness (QED) is 0.823. The lowest BCUT2D eigenvalue weighted by Gasteiger charge is -2.13. The molecule has 0 spiro atoms. The van der Waals surface area contributed by atoms with Crippen LogP contribution < -0.4 is 11.1 Å². The first-order valence-corrected chi connectivity index (χ1v) is 7.26. The van der Waals surface area contributed by atoms with Gasteiger partial charge < -0.3 is 15.8 Å². The molecule has 5 nitrogen and oxygen atoms in total. The normalized spacial score (nSPS) is 10.2. The van der Waals surface area contributed by atoms with Gasteiger partial charge in [0.25, 0.3) is 0 Å². The minimum atomic E-state index is -0.451. The minimum Gasteiger partial charge on any atom is -0.462 e. The summed E-state index contributed by atoms with van der Waals surface area (Å²) in [6.45, 7) is 4.02. The SMILES string of the molecule is CCOC(=O)c1cc(N)cnc1Nc1cc(Br)ccc1C. The predicted molar refractivity (Wildman–Crippen MR) is 86.8 cm³/mol. The fourth-order valence-corrected chi connectivity index (χ4v) is 2.16. The predicted octanol–water partition coefficient (Wildman–Crippen LogP) is 3.66. The number of rotatable bonds is 4. The summed E-state index contributed by atoms with van der Waals surface area (Å²) >= 11 is 3.42. The zero-order chi connectivity index (χ0) is 15.4. The van der Waals surface area contributed by atoms with Crippen molar-refractivity contribution in [3.05, 3.63) is 46.1 Å². The molecule has 0 aliphatic carbocycles. The van der Waals surface area contributed by atoms with E-state index in [0.717, 1.165) is 15.7 Å². The average molecular weight is 350 g/mol. The molecule has 0 amide bonds. The summed E-state index contributed by atoms with van der Waals surface area (Å²) in [7, 11) is 0. The highest BCUT2D eigenvalue weighted by Gasteiger charge is 2.15. The van der Waals surface area contributed by atoms with Crippen molar-refractivity contribution < 1.29 is 9.53 Å². The highest BCUT2D eigenvalue weighted by atomic mass is 79.9.